The molecule has 0 bridgehead atoms. The molecule has 2 aromatic rings. The molecule has 0 heterocycles. The van der Waals surface area contributed by atoms with E-state index in [4.69, 9.17) is 5.11 Å². The third-order valence-electron chi connectivity index (χ3n) is 5.17. The second-order valence-electron chi connectivity index (χ2n) is 7.19. The summed E-state index contributed by atoms with van der Waals surface area (Å²) in [4.78, 5) is 12.7. The average Bonchev–Trinajstić information content (AvgIpc) is 2.60. The van der Waals surface area contributed by atoms with Crippen molar-refractivity contribution in [1.29, 1.82) is 0 Å². The fourth-order valence-corrected chi connectivity index (χ4v) is 4.07. The Labute approximate surface area is 156 Å². The Hall–Kier alpha value is -2.34. The quantitative estimate of drug-likeness (QED) is 0.839. The summed E-state index contributed by atoms with van der Waals surface area (Å²) in [6.45, 7) is 0.518. The molecule has 0 fully saturated rings. The number of hydrogen-bond acceptors (Lipinski definition) is 2. The summed E-state index contributed by atoms with van der Waals surface area (Å²) in [5.74, 6) is -0.797. The number of benzene rings is 2. The molecule has 2 aromatic carbocycles. The molecule has 3 nitrogen and oxygen atoms in total. The Morgan fingerprint density at radius 3 is 2.52 bits per heavy atom. The smallest absolute Gasteiger partial charge is 0.416 e. The third-order valence-corrected chi connectivity index (χ3v) is 5.17. The van der Waals surface area contributed by atoms with Gasteiger partial charge in [0.25, 0.3) is 0 Å². The zero-order valence-electron chi connectivity index (χ0n) is 15.0. The molecule has 2 atom stereocenters. The number of hydrogen-bond donors (Lipinski definition) is 1. The minimum atomic E-state index is -4.35. The van der Waals surface area contributed by atoms with E-state index in [9.17, 15) is 18.0 Å². The van der Waals surface area contributed by atoms with E-state index in [0.717, 1.165) is 29.2 Å². The van der Waals surface area contributed by atoms with Gasteiger partial charge in [0.1, 0.15) is 0 Å². The highest BCUT2D eigenvalue weighted by molar-refractivity contribution is 5.69. The number of nitrogens with zero attached hydrogens (tertiary/aromatic N) is 1. The van der Waals surface area contributed by atoms with Gasteiger partial charge in [0.15, 0.2) is 0 Å². The predicted octanol–water partition coefficient (Wildman–Crippen LogP) is 4.42. The summed E-state index contributed by atoms with van der Waals surface area (Å²) < 4.78 is 39.3. The normalized spacial score (nSPS) is 19.7. The van der Waals surface area contributed by atoms with Gasteiger partial charge in [-0.15, -0.1) is 0 Å². The Morgan fingerprint density at radius 1 is 1.19 bits per heavy atom. The zero-order valence-corrected chi connectivity index (χ0v) is 15.0. The first-order valence-corrected chi connectivity index (χ1v) is 8.91. The van der Waals surface area contributed by atoms with E-state index < -0.39 is 17.7 Å². The summed E-state index contributed by atoms with van der Waals surface area (Å²) in [7, 11) is 1.76. The first kappa shape index (κ1) is 19.4. The van der Waals surface area contributed by atoms with Gasteiger partial charge in [0.05, 0.1) is 12.1 Å². The van der Waals surface area contributed by atoms with Crippen LogP contribution in [0.4, 0.5) is 13.2 Å². The highest BCUT2D eigenvalue weighted by atomic mass is 19.4. The Morgan fingerprint density at radius 2 is 1.89 bits per heavy atom. The molecule has 0 saturated carbocycles. The molecule has 0 spiro atoms. The van der Waals surface area contributed by atoms with Crippen molar-refractivity contribution in [3.05, 3.63) is 70.8 Å². The van der Waals surface area contributed by atoms with Crippen molar-refractivity contribution < 1.29 is 23.1 Å². The van der Waals surface area contributed by atoms with Crippen molar-refractivity contribution in [2.24, 2.45) is 5.92 Å². The van der Waals surface area contributed by atoms with Crippen LogP contribution in [0.3, 0.4) is 0 Å². The summed E-state index contributed by atoms with van der Waals surface area (Å²) in [6, 6.07) is 13.7. The number of aryl methyl sites for hydroxylation is 1. The molecule has 144 valence electrons. The molecule has 3 rings (SSSR count). The van der Waals surface area contributed by atoms with Crippen molar-refractivity contribution in [1.82, 2.24) is 4.90 Å². The number of halogens is 3. The van der Waals surface area contributed by atoms with E-state index >= 15 is 0 Å². The Balaban J connectivity index is 1.97. The first-order chi connectivity index (χ1) is 12.8. The molecule has 1 aliphatic rings. The summed E-state index contributed by atoms with van der Waals surface area (Å²) >= 11 is 0. The van der Waals surface area contributed by atoms with Crippen LogP contribution >= 0.6 is 0 Å². The van der Waals surface area contributed by atoms with Crippen LogP contribution in [-0.2, 0) is 17.4 Å². The topological polar surface area (TPSA) is 40.5 Å². The van der Waals surface area contributed by atoms with E-state index in [1.54, 1.807) is 18.0 Å². The Kier molecular flexibility index (Phi) is 5.56. The molecule has 27 heavy (non-hydrogen) atoms. The van der Waals surface area contributed by atoms with Crippen LogP contribution in [-0.4, -0.2) is 36.1 Å². The van der Waals surface area contributed by atoms with Crippen molar-refractivity contribution in [3.8, 4) is 0 Å². The number of alkyl halides is 3. The van der Waals surface area contributed by atoms with Gasteiger partial charge in [-0.2, -0.15) is 13.2 Å². The lowest BCUT2D eigenvalue weighted by Gasteiger charge is -2.36. The van der Waals surface area contributed by atoms with Crippen LogP contribution in [0.5, 0.6) is 0 Å². The lowest BCUT2D eigenvalue weighted by atomic mass is 9.71. The summed E-state index contributed by atoms with van der Waals surface area (Å²) in [5, 5.41) is 9.01. The van der Waals surface area contributed by atoms with Gasteiger partial charge in [-0.1, -0.05) is 36.4 Å². The fraction of sp³-hybridized carbons (Fsp3) is 0.381. The van der Waals surface area contributed by atoms with Gasteiger partial charge >= 0.3 is 12.1 Å². The lowest BCUT2D eigenvalue weighted by Crippen LogP contribution is -2.35. The molecule has 1 N–H and O–H groups in total. The maximum Gasteiger partial charge on any atom is 0.416 e. The van der Waals surface area contributed by atoms with Crippen LogP contribution in [0.25, 0.3) is 0 Å². The second-order valence-corrected chi connectivity index (χ2v) is 7.19. The van der Waals surface area contributed by atoms with Crippen LogP contribution in [0.2, 0.25) is 0 Å². The SMILES string of the molecule is CN(CC(=O)O)C[C@H]1CCc2cc(C(F)(F)F)ccc2[C@H]1c1ccccc1. The number of rotatable bonds is 5. The molecule has 0 amide bonds. The highest BCUT2D eigenvalue weighted by Crippen LogP contribution is 2.43. The third kappa shape index (κ3) is 4.50. The number of carbonyl (C=O) groups is 1. The van der Waals surface area contributed by atoms with Crippen molar-refractivity contribution in [3.63, 3.8) is 0 Å². The minimum absolute atomic E-state index is 0.0477. The molecule has 1 aliphatic carbocycles. The van der Waals surface area contributed by atoms with Crippen molar-refractivity contribution in [2.75, 3.05) is 20.1 Å². The largest absolute Gasteiger partial charge is 0.480 e. The molecule has 0 aromatic heterocycles. The van der Waals surface area contributed by atoms with E-state index in [2.05, 4.69) is 0 Å². The average molecular weight is 377 g/mol. The summed E-state index contributed by atoms with van der Waals surface area (Å²) in [6.07, 6.45) is -3.07. The van der Waals surface area contributed by atoms with Gasteiger partial charge in [-0.25, -0.2) is 0 Å². The molecular weight excluding hydrogens is 355 g/mol. The number of carboxylic acid groups (broad SMARTS) is 1. The molecule has 0 aliphatic heterocycles. The van der Waals surface area contributed by atoms with E-state index in [1.807, 2.05) is 30.3 Å². The zero-order chi connectivity index (χ0) is 19.6. The monoisotopic (exact) mass is 377 g/mol. The van der Waals surface area contributed by atoms with Gasteiger partial charge in [-0.3, -0.25) is 9.69 Å². The van der Waals surface area contributed by atoms with Gasteiger partial charge < -0.3 is 5.11 Å². The van der Waals surface area contributed by atoms with Crippen molar-refractivity contribution in [2.45, 2.75) is 24.9 Å². The summed E-state index contributed by atoms with van der Waals surface area (Å²) in [5.41, 5.74) is 2.08. The fourth-order valence-electron chi connectivity index (χ4n) is 4.07. The van der Waals surface area contributed by atoms with Crippen LogP contribution < -0.4 is 0 Å². The molecule has 0 unspecified atom stereocenters. The molecule has 0 saturated heterocycles. The number of carboxylic acids is 1. The minimum Gasteiger partial charge on any atom is -0.480 e. The van der Waals surface area contributed by atoms with Gasteiger partial charge in [0.2, 0.25) is 0 Å². The number of fused-ring (bicyclic) bond motifs is 1. The van der Waals surface area contributed by atoms with E-state index in [-0.39, 0.29) is 18.4 Å². The first-order valence-electron chi connectivity index (χ1n) is 8.91. The molecule has 6 heteroatoms. The standard InChI is InChI=1S/C21H22F3NO2/c1-25(13-19(26)27)12-16-8-7-15-11-17(21(22,23)24)9-10-18(15)20(16)14-5-3-2-4-6-14/h2-6,9-11,16,20H,7-8,12-13H2,1H3,(H,26,27)/t16-,20+/m1/s1. The number of aliphatic carboxylic acids is 1. The van der Waals surface area contributed by atoms with Crippen LogP contribution in [0, 0.1) is 5.92 Å². The van der Waals surface area contributed by atoms with Crippen LogP contribution in [0.1, 0.15) is 34.6 Å². The number of likely N-dealkylation sites (N-methyl/N-ethyl adjacent to an activating group) is 1. The maximum atomic E-state index is 13.1. The maximum absolute atomic E-state index is 13.1. The lowest BCUT2D eigenvalue weighted by molar-refractivity contribution is -0.138. The van der Waals surface area contributed by atoms with Crippen molar-refractivity contribution >= 4 is 5.97 Å². The van der Waals surface area contributed by atoms with Gasteiger partial charge in [0, 0.05) is 12.5 Å². The molecular formula is C21H22F3NO2. The van der Waals surface area contributed by atoms with E-state index in [0.29, 0.717) is 13.0 Å². The van der Waals surface area contributed by atoms with Gasteiger partial charge in [-0.05, 0) is 54.6 Å². The Bertz CT molecular complexity index is 805. The van der Waals surface area contributed by atoms with E-state index in [1.165, 1.54) is 6.07 Å². The highest BCUT2D eigenvalue weighted by Gasteiger charge is 2.35. The molecule has 0 radical (unpaired) electrons. The second kappa shape index (κ2) is 7.72. The van der Waals surface area contributed by atoms with Crippen LogP contribution in [0.15, 0.2) is 48.5 Å². The predicted molar refractivity (Wildman–Crippen MR) is 96.7 cm³/mol.